The number of aromatic nitrogens is 2. The van der Waals surface area contributed by atoms with E-state index in [1.807, 2.05) is 19.9 Å². The highest BCUT2D eigenvalue weighted by Gasteiger charge is 2.18. The largest absolute Gasteiger partial charge is 0.348 e. The molecule has 0 spiro atoms. The van der Waals surface area contributed by atoms with E-state index in [2.05, 4.69) is 20.8 Å². The number of nitrogens with zero attached hydrogens (tertiary/aromatic N) is 2. The molecule has 0 aromatic carbocycles. The number of aryl methyl sites for hydroxylation is 2. The monoisotopic (exact) mass is 248 g/mol. The summed E-state index contributed by atoms with van der Waals surface area (Å²) in [5.41, 5.74) is 2.21. The van der Waals surface area contributed by atoms with E-state index in [1.165, 1.54) is 0 Å². The smallest absolute Gasteiger partial charge is 0.253 e. The van der Waals surface area contributed by atoms with Gasteiger partial charge in [-0.15, -0.1) is 0 Å². The van der Waals surface area contributed by atoms with Crippen molar-refractivity contribution < 1.29 is 4.79 Å². The minimum atomic E-state index is -0.0291. The maximum absolute atomic E-state index is 12.2. The number of hydrogen-bond acceptors (Lipinski definition) is 4. The maximum Gasteiger partial charge on any atom is 0.253 e. The van der Waals surface area contributed by atoms with Crippen LogP contribution in [0.3, 0.4) is 0 Å². The Morgan fingerprint density at radius 1 is 1.56 bits per heavy atom. The van der Waals surface area contributed by atoms with E-state index in [-0.39, 0.29) is 11.9 Å². The lowest BCUT2D eigenvalue weighted by atomic mass is 10.1. The van der Waals surface area contributed by atoms with E-state index in [9.17, 15) is 4.79 Å². The van der Waals surface area contributed by atoms with Crippen molar-refractivity contribution in [3.8, 4) is 0 Å². The summed E-state index contributed by atoms with van der Waals surface area (Å²) >= 11 is 0. The van der Waals surface area contributed by atoms with Crippen molar-refractivity contribution in [1.82, 2.24) is 20.8 Å². The molecule has 0 aliphatic carbocycles. The fourth-order valence-electron chi connectivity index (χ4n) is 2.21. The number of carbonyl (C=O) groups excluding carboxylic acids is 1. The van der Waals surface area contributed by atoms with E-state index in [4.69, 9.17) is 0 Å². The van der Waals surface area contributed by atoms with Gasteiger partial charge in [0, 0.05) is 12.6 Å². The fourth-order valence-corrected chi connectivity index (χ4v) is 2.21. The first-order valence-electron chi connectivity index (χ1n) is 6.55. The van der Waals surface area contributed by atoms with Crippen molar-refractivity contribution in [2.24, 2.45) is 0 Å². The second-order valence-electron chi connectivity index (χ2n) is 4.72. The van der Waals surface area contributed by atoms with E-state index >= 15 is 0 Å². The third kappa shape index (κ3) is 3.04. The first kappa shape index (κ1) is 13.0. The van der Waals surface area contributed by atoms with Crippen molar-refractivity contribution in [2.75, 3.05) is 13.1 Å². The molecule has 18 heavy (non-hydrogen) atoms. The molecule has 98 valence electrons. The van der Waals surface area contributed by atoms with Crippen LogP contribution < -0.4 is 10.6 Å². The molecule has 5 heteroatoms. The SMILES string of the molecule is CCc1nnc(C)cc1C(=O)N[C@H]1CCCNC1. The normalized spacial score (nSPS) is 19.6. The number of hydrogen-bond donors (Lipinski definition) is 2. The zero-order valence-electron chi connectivity index (χ0n) is 11.0. The number of carbonyl (C=O) groups is 1. The number of nitrogens with one attached hydrogen (secondary N) is 2. The average Bonchev–Trinajstić information content (AvgIpc) is 2.40. The number of rotatable bonds is 3. The molecule has 1 aromatic rings. The minimum Gasteiger partial charge on any atom is -0.348 e. The van der Waals surface area contributed by atoms with Gasteiger partial charge in [0.25, 0.3) is 5.91 Å². The molecule has 1 fully saturated rings. The highest BCUT2D eigenvalue weighted by Crippen LogP contribution is 2.09. The van der Waals surface area contributed by atoms with Crippen molar-refractivity contribution in [3.05, 3.63) is 23.0 Å². The van der Waals surface area contributed by atoms with Crippen LogP contribution in [0.2, 0.25) is 0 Å². The third-order valence-corrected chi connectivity index (χ3v) is 3.20. The zero-order chi connectivity index (χ0) is 13.0. The second-order valence-corrected chi connectivity index (χ2v) is 4.72. The van der Waals surface area contributed by atoms with Gasteiger partial charge in [-0.05, 0) is 38.8 Å². The summed E-state index contributed by atoms with van der Waals surface area (Å²) in [4.78, 5) is 12.2. The molecule has 0 bridgehead atoms. The molecular formula is C13H20N4O. The van der Waals surface area contributed by atoms with Crippen LogP contribution >= 0.6 is 0 Å². The molecule has 1 aliphatic heterocycles. The van der Waals surface area contributed by atoms with Crippen molar-refractivity contribution in [3.63, 3.8) is 0 Å². The first-order valence-corrected chi connectivity index (χ1v) is 6.55. The van der Waals surface area contributed by atoms with E-state index in [1.54, 1.807) is 0 Å². The van der Waals surface area contributed by atoms with Crippen LogP contribution in [0, 0.1) is 6.92 Å². The Labute approximate surface area is 107 Å². The number of piperidine rings is 1. The molecule has 2 heterocycles. The molecule has 1 aromatic heterocycles. The summed E-state index contributed by atoms with van der Waals surface area (Å²) in [7, 11) is 0. The van der Waals surface area contributed by atoms with Crippen LogP contribution in [0.4, 0.5) is 0 Å². The predicted octanol–water partition coefficient (Wildman–Crippen LogP) is 0.829. The molecule has 5 nitrogen and oxygen atoms in total. The molecule has 2 rings (SSSR count). The van der Waals surface area contributed by atoms with Gasteiger partial charge in [-0.3, -0.25) is 4.79 Å². The Bertz CT molecular complexity index is 427. The highest BCUT2D eigenvalue weighted by atomic mass is 16.1. The molecule has 2 N–H and O–H groups in total. The van der Waals surface area contributed by atoms with Crippen molar-refractivity contribution in [1.29, 1.82) is 0 Å². The van der Waals surface area contributed by atoms with E-state index < -0.39 is 0 Å². The Morgan fingerprint density at radius 3 is 3.06 bits per heavy atom. The van der Waals surface area contributed by atoms with Gasteiger partial charge in [-0.2, -0.15) is 10.2 Å². The molecule has 1 aliphatic rings. The maximum atomic E-state index is 12.2. The Hall–Kier alpha value is -1.49. The standard InChI is InChI=1S/C13H20N4O/c1-3-12-11(7-9(2)16-17-12)13(18)15-10-5-4-6-14-8-10/h7,10,14H,3-6,8H2,1-2H3,(H,15,18)/t10-/m0/s1. The first-order chi connectivity index (χ1) is 8.70. The topological polar surface area (TPSA) is 66.9 Å². The molecule has 1 amide bonds. The summed E-state index contributed by atoms with van der Waals surface area (Å²) in [6, 6.07) is 2.04. The second kappa shape index (κ2) is 5.91. The quantitative estimate of drug-likeness (QED) is 0.831. The number of amides is 1. The van der Waals surface area contributed by atoms with Crippen LogP contribution in [0.15, 0.2) is 6.07 Å². The lowest BCUT2D eigenvalue weighted by molar-refractivity contribution is 0.0929. The van der Waals surface area contributed by atoms with Crippen molar-refractivity contribution >= 4 is 5.91 Å². The van der Waals surface area contributed by atoms with E-state index in [0.29, 0.717) is 5.56 Å². The summed E-state index contributed by atoms with van der Waals surface area (Å²) in [6.07, 6.45) is 2.87. The highest BCUT2D eigenvalue weighted by molar-refractivity contribution is 5.95. The molecule has 1 saturated heterocycles. The Morgan fingerprint density at radius 2 is 2.39 bits per heavy atom. The lowest BCUT2D eigenvalue weighted by Crippen LogP contribution is -2.45. The van der Waals surface area contributed by atoms with Gasteiger partial charge in [0.15, 0.2) is 0 Å². The van der Waals surface area contributed by atoms with Gasteiger partial charge in [0.2, 0.25) is 0 Å². The van der Waals surface area contributed by atoms with Gasteiger partial charge in [-0.1, -0.05) is 6.92 Å². The molecular weight excluding hydrogens is 228 g/mol. The molecule has 1 atom stereocenters. The third-order valence-electron chi connectivity index (χ3n) is 3.20. The summed E-state index contributed by atoms with van der Waals surface area (Å²) < 4.78 is 0. The predicted molar refractivity (Wildman–Crippen MR) is 69.5 cm³/mol. The van der Waals surface area contributed by atoms with Gasteiger partial charge in [0.05, 0.1) is 17.0 Å². The van der Waals surface area contributed by atoms with Gasteiger partial charge >= 0.3 is 0 Å². The molecule has 0 unspecified atom stereocenters. The van der Waals surface area contributed by atoms with Crippen molar-refractivity contribution in [2.45, 2.75) is 39.2 Å². The zero-order valence-corrected chi connectivity index (χ0v) is 11.0. The van der Waals surface area contributed by atoms with Crippen LogP contribution in [-0.4, -0.2) is 35.2 Å². The Kier molecular flexibility index (Phi) is 4.25. The van der Waals surface area contributed by atoms with Gasteiger partial charge < -0.3 is 10.6 Å². The lowest BCUT2D eigenvalue weighted by Gasteiger charge is -2.24. The summed E-state index contributed by atoms with van der Waals surface area (Å²) in [6.45, 7) is 5.73. The fraction of sp³-hybridized carbons (Fsp3) is 0.615. The average molecular weight is 248 g/mol. The van der Waals surface area contributed by atoms with Crippen LogP contribution in [0.1, 0.15) is 41.5 Å². The Balaban J connectivity index is 2.09. The minimum absolute atomic E-state index is 0.0291. The van der Waals surface area contributed by atoms with E-state index in [0.717, 1.165) is 43.7 Å². The van der Waals surface area contributed by atoms with Gasteiger partial charge in [0.1, 0.15) is 0 Å². The van der Waals surface area contributed by atoms with Crippen LogP contribution in [0.5, 0.6) is 0 Å². The van der Waals surface area contributed by atoms with Crippen LogP contribution in [0.25, 0.3) is 0 Å². The summed E-state index contributed by atoms with van der Waals surface area (Å²) in [5.74, 6) is -0.0291. The van der Waals surface area contributed by atoms with Crippen LogP contribution in [-0.2, 0) is 6.42 Å². The molecule has 0 radical (unpaired) electrons. The summed E-state index contributed by atoms with van der Waals surface area (Å²) in [5, 5.41) is 14.4. The van der Waals surface area contributed by atoms with Gasteiger partial charge in [-0.25, -0.2) is 0 Å². The molecule has 0 saturated carbocycles.